The first-order valence-electron chi connectivity index (χ1n) is 7.31. The van der Waals surface area contributed by atoms with Crippen molar-refractivity contribution in [3.8, 4) is 0 Å². The first-order chi connectivity index (χ1) is 9.62. The molecule has 0 aromatic carbocycles. The minimum atomic E-state index is -0.317. The number of rotatable bonds is 3. The molecule has 4 nitrogen and oxygen atoms in total. The molecule has 0 atom stereocenters. The minimum Gasteiger partial charge on any atom is -0.400 e. The second-order valence-corrected chi connectivity index (χ2v) is 6.72. The summed E-state index contributed by atoms with van der Waals surface area (Å²) in [5, 5.41) is 0. The van der Waals surface area contributed by atoms with Crippen LogP contribution in [0.4, 0.5) is 5.82 Å². The van der Waals surface area contributed by atoms with Crippen LogP contribution in [-0.2, 0) is 9.31 Å². The molecule has 0 aliphatic carbocycles. The average molecular weight is 288 g/mol. The van der Waals surface area contributed by atoms with Crippen LogP contribution in [0.1, 0.15) is 39.0 Å². The Morgan fingerprint density at radius 1 is 1.10 bits per heavy atom. The molecule has 1 aromatic heterocycles. The molecule has 1 aliphatic heterocycles. The highest BCUT2D eigenvalue weighted by Crippen LogP contribution is 2.37. The van der Waals surface area contributed by atoms with Crippen molar-refractivity contribution in [2.24, 2.45) is 0 Å². The lowest BCUT2D eigenvalue weighted by molar-refractivity contribution is 0.00578. The van der Waals surface area contributed by atoms with Crippen LogP contribution in [0, 0.1) is 6.92 Å². The molecule has 1 fully saturated rings. The Morgan fingerprint density at radius 2 is 1.67 bits per heavy atom. The van der Waals surface area contributed by atoms with Crippen LogP contribution in [0.3, 0.4) is 0 Å². The molecule has 0 amide bonds. The monoisotopic (exact) mass is 288 g/mol. The maximum absolute atomic E-state index is 5.95. The van der Waals surface area contributed by atoms with Crippen LogP contribution in [0.15, 0.2) is 18.1 Å². The van der Waals surface area contributed by atoms with E-state index >= 15 is 0 Å². The summed E-state index contributed by atoms with van der Waals surface area (Å²) in [6, 6.07) is 4.08. The van der Waals surface area contributed by atoms with Gasteiger partial charge in [0.2, 0.25) is 0 Å². The predicted octanol–water partition coefficient (Wildman–Crippen LogP) is 3.10. The van der Waals surface area contributed by atoms with Crippen molar-refractivity contribution < 1.29 is 9.31 Å². The van der Waals surface area contributed by atoms with Crippen molar-refractivity contribution in [2.45, 2.75) is 45.8 Å². The Kier molecular flexibility index (Phi) is 4.18. The van der Waals surface area contributed by atoms with Crippen LogP contribution in [0.5, 0.6) is 0 Å². The highest BCUT2D eigenvalue weighted by atomic mass is 16.7. The molecule has 0 spiro atoms. The molecule has 0 radical (unpaired) electrons. The third-order valence-electron chi connectivity index (χ3n) is 4.27. The zero-order chi connectivity index (χ0) is 15.8. The first kappa shape index (κ1) is 16.1. The molecule has 0 N–H and O–H groups in total. The van der Waals surface area contributed by atoms with E-state index in [4.69, 9.17) is 9.31 Å². The van der Waals surface area contributed by atoms with Gasteiger partial charge in [-0.15, -0.1) is 0 Å². The molecule has 21 heavy (non-hydrogen) atoms. The molecule has 1 saturated heterocycles. The van der Waals surface area contributed by atoms with E-state index in [1.165, 1.54) is 0 Å². The Labute approximate surface area is 128 Å². The Balaban J connectivity index is 2.13. The molecule has 1 aromatic rings. The quantitative estimate of drug-likeness (QED) is 0.800. The van der Waals surface area contributed by atoms with Gasteiger partial charge in [-0.05, 0) is 52.3 Å². The van der Waals surface area contributed by atoms with Gasteiger partial charge in [0.1, 0.15) is 5.82 Å². The Bertz CT molecular complexity index is 537. The SMILES string of the molecule is Cc1nc(N(C)C)ccc1/C=C/B1OC(C)(C)C(C)(C)O1. The average Bonchev–Trinajstić information content (AvgIpc) is 2.56. The summed E-state index contributed by atoms with van der Waals surface area (Å²) >= 11 is 0. The molecule has 2 heterocycles. The van der Waals surface area contributed by atoms with Gasteiger partial charge in [-0.3, -0.25) is 0 Å². The number of anilines is 1. The highest BCUT2D eigenvalue weighted by molar-refractivity contribution is 6.52. The molecule has 0 saturated carbocycles. The summed E-state index contributed by atoms with van der Waals surface area (Å²) in [4.78, 5) is 6.56. The predicted molar refractivity (Wildman–Crippen MR) is 88.4 cm³/mol. The molecule has 0 bridgehead atoms. The number of nitrogens with zero attached hydrogens (tertiary/aromatic N) is 2. The summed E-state index contributed by atoms with van der Waals surface area (Å²) in [6.07, 6.45) is 2.02. The molecule has 1 aliphatic rings. The third-order valence-corrected chi connectivity index (χ3v) is 4.27. The number of aryl methyl sites for hydroxylation is 1. The fourth-order valence-electron chi connectivity index (χ4n) is 2.13. The van der Waals surface area contributed by atoms with Gasteiger partial charge in [-0.2, -0.15) is 0 Å². The van der Waals surface area contributed by atoms with Gasteiger partial charge in [0.25, 0.3) is 0 Å². The van der Waals surface area contributed by atoms with Crippen LogP contribution in [-0.4, -0.2) is 37.4 Å². The smallest absolute Gasteiger partial charge is 0.400 e. The summed E-state index contributed by atoms with van der Waals surface area (Å²) in [5.41, 5.74) is 1.47. The van der Waals surface area contributed by atoms with Crippen LogP contribution < -0.4 is 4.90 Å². The van der Waals surface area contributed by atoms with Crippen molar-refractivity contribution in [1.82, 2.24) is 4.98 Å². The van der Waals surface area contributed by atoms with E-state index in [1.54, 1.807) is 0 Å². The van der Waals surface area contributed by atoms with Crippen molar-refractivity contribution in [3.05, 3.63) is 29.4 Å². The fraction of sp³-hybridized carbons (Fsp3) is 0.562. The maximum atomic E-state index is 5.95. The molecule has 5 heteroatoms. The normalized spacial score (nSPS) is 20.2. The molecule has 0 unspecified atom stereocenters. The Morgan fingerprint density at radius 3 is 2.14 bits per heavy atom. The van der Waals surface area contributed by atoms with Gasteiger partial charge in [-0.25, -0.2) is 4.98 Å². The van der Waals surface area contributed by atoms with Crippen molar-refractivity contribution in [1.29, 1.82) is 0 Å². The summed E-state index contributed by atoms with van der Waals surface area (Å²) < 4.78 is 11.9. The number of hydrogen-bond acceptors (Lipinski definition) is 4. The van der Waals surface area contributed by atoms with E-state index in [0.717, 1.165) is 17.1 Å². The minimum absolute atomic E-state index is 0.302. The molecule has 114 valence electrons. The highest BCUT2D eigenvalue weighted by Gasteiger charge is 2.49. The summed E-state index contributed by atoms with van der Waals surface area (Å²) in [5.74, 6) is 2.91. The number of pyridine rings is 1. The Hall–Kier alpha value is -1.33. The second-order valence-electron chi connectivity index (χ2n) is 6.72. The molecule has 2 rings (SSSR count). The van der Waals surface area contributed by atoms with E-state index < -0.39 is 0 Å². The van der Waals surface area contributed by atoms with Crippen molar-refractivity contribution in [3.63, 3.8) is 0 Å². The van der Waals surface area contributed by atoms with Gasteiger partial charge >= 0.3 is 7.12 Å². The standard InChI is InChI=1S/C16H25BN2O2/c1-12-13(8-9-14(18-12)19(6)7)10-11-17-20-15(2,3)16(4,5)21-17/h8-11H,1-7H3/b11-10+. The van der Waals surface area contributed by atoms with E-state index in [9.17, 15) is 0 Å². The van der Waals surface area contributed by atoms with Gasteiger partial charge in [0, 0.05) is 19.8 Å². The number of hydrogen-bond donors (Lipinski definition) is 0. The van der Waals surface area contributed by atoms with Crippen LogP contribution in [0.2, 0.25) is 0 Å². The van der Waals surface area contributed by atoms with Crippen LogP contribution >= 0.6 is 0 Å². The number of aromatic nitrogens is 1. The summed E-state index contributed by atoms with van der Waals surface area (Å²) in [6.45, 7) is 10.2. The van der Waals surface area contributed by atoms with Gasteiger partial charge < -0.3 is 14.2 Å². The lowest BCUT2D eigenvalue weighted by Gasteiger charge is -2.32. The third kappa shape index (κ3) is 3.30. The zero-order valence-electron chi connectivity index (χ0n) is 14.1. The molecular weight excluding hydrogens is 263 g/mol. The van der Waals surface area contributed by atoms with Crippen LogP contribution in [0.25, 0.3) is 6.08 Å². The van der Waals surface area contributed by atoms with E-state index in [1.807, 2.05) is 44.0 Å². The van der Waals surface area contributed by atoms with E-state index in [2.05, 4.69) is 38.7 Å². The fourth-order valence-corrected chi connectivity index (χ4v) is 2.13. The van der Waals surface area contributed by atoms with E-state index in [-0.39, 0.29) is 18.3 Å². The maximum Gasteiger partial charge on any atom is 0.487 e. The zero-order valence-corrected chi connectivity index (χ0v) is 14.1. The molecular formula is C16H25BN2O2. The largest absolute Gasteiger partial charge is 0.487 e. The van der Waals surface area contributed by atoms with Gasteiger partial charge in [0.15, 0.2) is 0 Å². The van der Waals surface area contributed by atoms with Gasteiger partial charge in [-0.1, -0.05) is 12.1 Å². The second kappa shape index (κ2) is 5.46. The van der Waals surface area contributed by atoms with E-state index in [0.29, 0.717) is 0 Å². The topological polar surface area (TPSA) is 34.6 Å². The lowest BCUT2D eigenvalue weighted by Crippen LogP contribution is -2.41. The van der Waals surface area contributed by atoms with Gasteiger partial charge in [0.05, 0.1) is 11.2 Å². The van der Waals surface area contributed by atoms with Crippen molar-refractivity contribution in [2.75, 3.05) is 19.0 Å². The lowest BCUT2D eigenvalue weighted by atomic mass is 9.89. The summed E-state index contributed by atoms with van der Waals surface area (Å²) in [7, 11) is 3.66. The van der Waals surface area contributed by atoms with Crippen molar-refractivity contribution >= 4 is 19.0 Å². The first-order valence-corrected chi connectivity index (χ1v) is 7.31.